The molecule has 58 valence electrons. The van der Waals surface area contributed by atoms with Gasteiger partial charge in [-0.25, -0.2) is 0 Å². The van der Waals surface area contributed by atoms with E-state index in [1.165, 1.54) is 0 Å². The second-order valence-electron chi connectivity index (χ2n) is 1.75. The van der Waals surface area contributed by atoms with E-state index in [1.54, 1.807) is 4.68 Å². The Morgan fingerprint density at radius 1 is 1.70 bits per heavy atom. The Balaban J connectivity index is 0.000000810. The minimum atomic E-state index is 0. The van der Waals surface area contributed by atoms with Crippen LogP contribution in [0.4, 0.5) is 5.82 Å². The molecule has 0 aliphatic rings. The fourth-order valence-electron chi connectivity index (χ4n) is 0.629. The molecular formula is C5H9BrClN3. The van der Waals surface area contributed by atoms with Crippen LogP contribution in [0.5, 0.6) is 0 Å². The van der Waals surface area contributed by atoms with Crippen LogP contribution in [0.15, 0.2) is 10.7 Å². The maximum atomic E-state index is 4.09. The molecule has 5 heteroatoms. The highest BCUT2D eigenvalue weighted by Crippen LogP contribution is 2.17. The predicted molar refractivity (Wildman–Crippen MR) is 47.7 cm³/mol. The predicted octanol–water partition coefficient (Wildman–Crippen LogP) is 1.65. The molecule has 0 radical (unpaired) electrons. The SMILES string of the molecule is CNc1nn(C)cc1Br.Cl. The van der Waals surface area contributed by atoms with Gasteiger partial charge in [0.05, 0.1) is 4.47 Å². The summed E-state index contributed by atoms with van der Waals surface area (Å²) >= 11 is 3.33. The van der Waals surface area contributed by atoms with Gasteiger partial charge in [0.25, 0.3) is 0 Å². The zero-order valence-electron chi connectivity index (χ0n) is 5.76. The van der Waals surface area contributed by atoms with Gasteiger partial charge in [-0.1, -0.05) is 0 Å². The van der Waals surface area contributed by atoms with Crippen molar-refractivity contribution in [3.63, 3.8) is 0 Å². The Morgan fingerprint density at radius 2 is 2.30 bits per heavy atom. The van der Waals surface area contributed by atoms with Crippen molar-refractivity contribution in [2.24, 2.45) is 7.05 Å². The molecule has 0 aliphatic heterocycles. The molecule has 0 aromatic carbocycles. The lowest BCUT2D eigenvalue weighted by molar-refractivity contribution is 0.770. The van der Waals surface area contributed by atoms with Crippen molar-refractivity contribution in [1.82, 2.24) is 9.78 Å². The Morgan fingerprint density at radius 3 is 2.50 bits per heavy atom. The van der Waals surface area contributed by atoms with E-state index >= 15 is 0 Å². The van der Waals surface area contributed by atoms with Gasteiger partial charge in [0.15, 0.2) is 5.82 Å². The molecule has 0 bridgehead atoms. The van der Waals surface area contributed by atoms with Crippen LogP contribution in [0.1, 0.15) is 0 Å². The minimum Gasteiger partial charge on any atom is -0.371 e. The lowest BCUT2D eigenvalue weighted by Crippen LogP contribution is -1.91. The molecule has 1 N–H and O–H groups in total. The molecule has 1 aromatic heterocycles. The summed E-state index contributed by atoms with van der Waals surface area (Å²) in [6.45, 7) is 0. The molecule has 0 saturated heterocycles. The summed E-state index contributed by atoms with van der Waals surface area (Å²) in [6, 6.07) is 0. The smallest absolute Gasteiger partial charge is 0.162 e. The Kier molecular flexibility index (Phi) is 3.75. The molecule has 0 saturated carbocycles. The van der Waals surface area contributed by atoms with E-state index in [4.69, 9.17) is 0 Å². The first kappa shape index (κ1) is 9.78. The first-order valence-corrected chi connectivity index (χ1v) is 3.40. The number of anilines is 1. The number of nitrogens with zero attached hydrogens (tertiary/aromatic N) is 2. The Bertz CT molecular complexity index is 211. The van der Waals surface area contributed by atoms with Gasteiger partial charge < -0.3 is 5.32 Å². The maximum absolute atomic E-state index is 4.09. The van der Waals surface area contributed by atoms with Gasteiger partial charge in [-0.15, -0.1) is 12.4 Å². The highest BCUT2D eigenvalue weighted by molar-refractivity contribution is 9.10. The molecule has 0 unspecified atom stereocenters. The molecule has 10 heavy (non-hydrogen) atoms. The van der Waals surface area contributed by atoms with Crippen molar-refractivity contribution in [3.8, 4) is 0 Å². The van der Waals surface area contributed by atoms with E-state index in [2.05, 4.69) is 26.3 Å². The van der Waals surface area contributed by atoms with Gasteiger partial charge in [-0.3, -0.25) is 4.68 Å². The summed E-state index contributed by atoms with van der Waals surface area (Å²) in [7, 11) is 3.72. The number of nitrogens with one attached hydrogen (secondary N) is 1. The summed E-state index contributed by atoms with van der Waals surface area (Å²) in [6.07, 6.45) is 1.89. The largest absolute Gasteiger partial charge is 0.371 e. The first-order valence-electron chi connectivity index (χ1n) is 2.61. The highest BCUT2D eigenvalue weighted by atomic mass is 79.9. The standard InChI is InChI=1S/C5H8BrN3.ClH/c1-7-5-4(6)3-9(2)8-5;/h3H,1-2H3,(H,7,8);1H. The number of aryl methyl sites for hydroxylation is 1. The molecule has 0 fully saturated rings. The van der Waals surface area contributed by atoms with Crippen molar-refractivity contribution < 1.29 is 0 Å². The van der Waals surface area contributed by atoms with Crippen molar-refractivity contribution in [2.75, 3.05) is 12.4 Å². The number of halogens is 2. The molecule has 0 atom stereocenters. The van der Waals surface area contributed by atoms with Crippen molar-refractivity contribution in [2.45, 2.75) is 0 Å². The van der Waals surface area contributed by atoms with Gasteiger partial charge >= 0.3 is 0 Å². The Labute approximate surface area is 74.3 Å². The third-order valence-corrected chi connectivity index (χ3v) is 1.60. The van der Waals surface area contributed by atoms with Crippen LogP contribution in [-0.2, 0) is 7.05 Å². The summed E-state index contributed by atoms with van der Waals surface area (Å²) in [5, 5.41) is 7.02. The zero-order valence-corrected chi connectivity index (χ0v) is 8.16. The third kappa shape index (κ3) is 1.88. The fourth-order valence-corrected chi connectivity index (χ4v) is 1.20. The molecule has 0 aliphatic carbocycles. The van der Waals surface area contributed by atoms with Crippen LogP contribution < -0.4 is 5.32 Å². The van der Waals surface area contributed by atoms with Crippen molar-refractivity contribution >= 4 is 34.2 Å². The van der Waals surface area contributed by atoms with Crippen LogP contribution in [0, 0.1) is 0 Å². The van der Waals surface area contributed by atoms with E-state index in [9.17, 15) is 0 Å². The maximum Gasteiger partial charge on any atom is 0.162 e. The number of aromatic nitrogens is 2. The summed E-state index contributed by atoms with van der Waals surface area (Å²) in [5.41, 5.74) is 0. The summed E-state index contributed by atoms with van der Waals surface area (Å²) in [5.74, 6) is 0.873. The second-order valence-corrected chi connectivity index (χ2v) is 2.60. The average molecular weight is 227 g/mol. The molecular weight excluding hydrogens is 217 g/mol. The van der Waals surface area contributed by atoms with Crippen LogP contribution in [0.2, 0.25) is 0 Å². The van der Waals surface area contributed by atoms with Crippen LogP contribution >= 0.6 is 28.3 Å². The molecule has 0 amide bonds. The topological polar surface area (TPSA) is 29.9 Å². The quantitative estimate of drug-likeness (QED) is 0.789. The second kappa shape index (κ2) is 3.83. The van der Waals surface area contributed by atoms with E-state index < -0.39 is 0 Å². The lowest BCUT2D eigenvalue weighted by Gasteiger charge is -1.89. The lowest BCUT2D eigenvalue weighted by atomic mass is 10.6. The van der Waals surface area contributed by atoms with Crippen molar-refractivity contribution in [3.05, 3.63) is 10.7 Å². The van der Waals surface area contributed by atoms with E-state index in [0.717, 1.165) is 10.3 Å². The molecule has 1 rings (SSSR count). The minimum absolute atomic E-state index is 0. The van der Waals surface area contributed by atoms with E-state index in [-0.39, 0.29) is 12.4 Å². The number of hydrogen-bond acceptors (Lipinski definition) is 2. The van der Waals surface area contributed by atoms with Gasteiger partial charge in [0, 0.05) is 20.3 Å². The summed E-state index contributed by atoms with van der Waals surface area (Å²) in [4.78, 5) is 0. The van der Waals surface area contributed by atoms with Gasteiger partial charge in [0.1, 0.15) is 0 Å². The van der Waals surface area contributed by atoms with Crippen LogP contribution in [0.3, 0.4) is 0 Å². The Hall–Kier alpha value is -0.220. The molecule has 0 spiro atoms. The summed E-state index contributed by atoms with van der Waals surface area (Å²) < 4.78 is 2.74. The molecule has 3 nitrogen and oxygen atoms in total. The van der Waals surface area contributed by atoms with Crippen LogP contribution in [-0.4, -0.2) is 16.8 Å². The fraction of sp³-hybridized carbons (Fsp3) is 0.400. The van der Waals surface area contributed by atoms with Gasteiger partial charge in [-0.2, -0.15) is 5.10 Å². The normalized spacial score (nSPS) is 8.70. The average Bonchev–Trinajstić information content (AvgIpc) is 2.10. The van der Waals surface area contributed by atoms with E-state index in [1.807, 2.05) is 20.3 Å². The number of rotatable bonds is 1. The third-order valence-electron chi connectivity index (χ3n) is 1.02. The van der Waals surface area contributed by atoms with Crippen molar-refractivity contribution in [1.29, 1.82) is 0 Å². The molecule has 1 aromatic rings. The van der Waals surface area contributed by atoms with Gasteiger partial charge in [-0.05, 0) is 15.9 Å². The zero-order chi connectivity index (χ0) is 6.85. The van der Waals surface area contributed by atoms with Gasteiger partial charge in [0.2, 0.25) is 0 Å². The number of hydrogen-bond donors (Lipinski definition) is 1. The monoisotopic (exact) mass is 225 g/mol. The van der Waals surface area contributed by atoms with E-state index in [0.29, 0.717) is 0 Å². The highest BCUT2D eigenvalue weighted by Gasteiger charge is 1.99. The van der Waals surface area contributed by atoms with Crippen LogP contribution in [0.25, 0.3) is 0 Å². The molecule has 1 heterocycles. The first-order chi connectivity index (χ1) is 4.24.